The molecule has 0 radical (unpaired) electrons. The standard InChI is InChI=1S/C19H25N5O2/c1-22-13-14(12-20-22)23-7-9-24(10-8-23)19(25)21-17-11-16(17)15-5-3-4-6-18(15)26-2/h3-6,12-13,16-17H,7-11H2,1-2H3,(H,21,25)/t16-,17+/m0/s1. The molecule has 2 heterocycles. The van der Waals surface area contributed by atoms with Gasteiger partial charge in [0.15, 0.2) is 0 Å². The molecule has 1 aromatic heterocycles. The molecule has 0 spiro atoms. The number of nitrogens with zero attached hydrogens (tertiary/aromatic N) is 4. The van der Waals surface area contributed by atoms with Crippen LogP contribution in [0.5, 0.6) is 5.75 Å². The van der Waals surface area contributed by atoms with Crippen LogP contribution < -0.4 is 15.0 Å². The van der Waals surface area contributed by atoms with Crippen LogP contribution >= 0.6 is 0 Å². The minimum absolute atomic E-state index is 0.0400. The van der Waals surface area contributed by atoms with Crippen LogP contribution in [-0.4, -0.2) is 60.0 Å². The second-order valence-corrected chi connectivity index (χ2v) is 6.99. The molecule has 1 aliphatic heterocycles. The summed E-state index contributed by atoms with van der Waals surface area (Å²) >= 11 is 0. The molecule has 4 rings (SSSR count). The fourth-order valence-corrected chi connectivity index (χ4v) is 3.66. The number of amides is 2. The predicted octanol–water partition coefficient (Wildman–Crippen LogP) is 1.82. The molecule has 2 aromatic rings. The number of urea groups is 1. The number of nitrogens with one attached hydrogen (secondary N) is 1. The fourth-order valence-electron chi connectivity index (χ4n) is 3.66. The first-order valence-corrected chi connectivity index (χ1v) is 9.07. The zero-order valence-corrected chi connectivity index (χ0v) is 15.3. The van der Waals surface area contributed by atoms with Gasteiger partial charge in [0.05, 0.1) is 19.0 Å². The van der Waals surface area contributed by atoms with E-state index >= 15 is 0 Å². The van der Waals surface area contributed by atoms with Crippen molar-refractivity contribution in [1.29, 1.82) is 0 Å². The van der Waals surface area contributed by atoms with Crippen molar-refractivity contribution in [2.45, 2.75) is 18.4 Å². The number of hydrogen-bond donors (Lipinski definition) is 1. The van der Waals surface area contributed by atoms with Crippen molar-refractivity contribution in [2.24, 2.45) is 7.05 Å². The summed E-state index contributed by atoms with van der Waals surface area (Å²) in [5.41, 5.74) is 2.30. The summed E-state index contributed by atoms with van der Waals surface area (Å²) in [4.78, 5) is 16.8. The average Bonchev–Trinajstić information content (AvgIpc) is 3.30. The Morgan fingerprint density at radius 2 is 2.00 bits per heavy atom. The van der Waals surface area contributed by atoms with Crippen molar-refractivity contribution < 1.29 is 9.53 Å². The van der Waals surface area contributed by atoms with E-state index in [0.717, 1.165) is 44.0 Å². The highest BCUT2D eigenvalue weighted by molar-refractivity contribution is 5.75. The maximum Gasteiger partial charge on any atom is 0.317 e. The number of rotatable bonds is 4. The Hall–Kier alpha value is -2.70. The molecule has 1 saturated heterocycles. The van der Waals surface area contributed by atoms with Crippen LogP contribution in [0.2, 0.25) is 0 Å². The summed E-state index contributed by atoms with van der Waals surface area (Å²) in [6.07, 6.45) is 4.86. The SMILES string of the molecule is COc1ccccc1[C@@H]1C[C@H]1NC(=O)N1CCN(c2cnn(C)c2)CC1. The third-order valence-corrected chi connectivity index (χ3v) is 5.26. The Kier molecular flexibility index (Phi) is 4.44. The monoisotopic (exact) mass is 355 g/mol. The van der Waals surface area contributed by atoms with E-state index in [2.05, 4.69) is 21.4 Å². The van der Waals surface area contributed by atoms with Gasteiger partial charge in [-0.15, -0.1) is 0 Å². The first kappa shape index (κ1) is 16.8. The van der Waals surface area contributed by atoms with Gasteiger partial charge in [0.1, 0.15) is 5.75 Å². The minimum Gasteiger partial charge on any atom is -0.496 e. The summed E-state index contributed by atoms with van der Waals surface area (Å²) in [7, 11) is 3.61. The number of carbonyl (C=O) groups is 1. The van der Waals surface area contributed by atoms with Gasteiger partial charge in [-0.25, -0.2) is 4.79 Å². The van der Waals surface area contributed by atoms with Crippen molar-refractivity contribution in [3.8, 4) is 5.75 Å². The smallest absolute Gasteiger partial charge is 0.317 e. The zero-order valence-electron chi connectivity index (χ0n) is 15.3. The molecule has 2 fully saturated rings. The quantitative estimate of drug-likeness (QED) is 0.909. The molecule has 1 saturated carbocycles. The summed E-state index contributed by atoms with van der Waals surface area (Å²) in [5, 5.41) is 7.40. The number of piperazine rings is 1. The maximum atomic E-state index is 12.6. The molecule has 2 amide bonds. The van der Waals surface area contributed by atoms with Crippen molar-refractivity contribution >= 4 is 11.7 Å². The van der Waals surface area contributed by atoms with Gasteiger partial charge >= 0.3 is 6.03 Å². The maximum absolute atomic E-state index is 12.6. The largest absolute Gasteiger partial charge is 0.496 e. The number of aryl methyl sites for hydroxylation is 1. The van der Waals surface area contributed by atoms with Crippen molar-refractivity contribution in [1.82, 2.24) is 20.0 Å². The Morgan fingerprint density at radius 1 is 1.23 bits per heavy atom. The first-order chi connectivity index (χ1) is 12.7. The third-order valence-electron chi connectivity index (χ3n) is 5.26. The Bertz CT molecular complexity index is 782. The molecule has 138 valence electrons. The predicted molar refractivity (Wildman–Crippen MR) is 99.7 cm³/mol. The van der Waals surface area contributed by atoms with Gasteiger partial charge in [-0.3, -0.25) is 4.68 Å². The first-order valence-electron chi connectivity index (χ1n) is 9.07. The van der Waals surface area contributed by atoms with Gasteiger partial charge in [-0.2, -0.15) is 5.10 Å². The number of para-hydroxylation sites is 1. The van der Waals surface area contributed by atoms with Crippen LogP contribution in [0, 0.1) is 0 Å². The van der Waals surface area contributed by atoms with Crippen LogP contribution in [0.25, 0.3) is 0 Å². The van der Waals surface area contributed by atoms with Gasteiger partial charge in [-0.05, 0) is 18.1 Å². The summed E-state index contributed by atoms with van der Waals surface area (Å²) in [5.74, 6) is 1.26. The van der Waals surface area contributed by atoms with Gasteiger partial charge in [0.2, 0.25) is 0 Å². The van der Waals surface area contributed by atoms with E-state index in [-0.39, 0.29) is 12.1 Å². The number of ether oxygens (including phenoxy) is 1. The van der Waals surface area contributed by atoms with Crippen LogP contribution in [0.4, 0.5) is 10.5 Å². The molecule has 2 aliphatic rings. The molecule has 7 nitrogen and oxygen atoms in total. The number of methoxy groups -OCH3 is 1. The molecular weight excluding hydrogens is 330 g/mol. The normalized spacial score (nSPS) is 22.2. The fraction of sp³-hybridized carbons (Fsp3) is 0.474. The second kappa shape index (κ2) is 6.90. The number of anilines is 1. The average molecular weight is 355 g/mol. The highest BCUT2D eigenvalue weighted by Crippen LogP contribution is 2.44. The number of hydrogen-bond acceptors (Lipinski definition) is 4. The molecule has 7 heteroatoms. The van der Waals surface area contributed by atoms with Crippen molar-refractivity contribution in [2.75, 3.05) is 38.2 Å². The minimum atomic E-state index is 0.0400. The van der Waals surface area contributed by atoms with Crippen LogP contribution in [-0.2, 0) is 7.05 Å². The highest BCUT2D eigenvalue weighted by atomic mass is 16.5. The molecule has 0 bridgehead atoms. The van der Waals surface area contributed by atoms with Gasteiger partial charge in [-0.1, -0.05) is 18.2 Å². The van der Waals surface area contributed by atoms with E-state index in [1.165, 1.54) is 5.56 Å². The van der Waals surface area contributed by atoms with Crippen LogP contribution in [0.3, 0.4) is 0 Å². The molecule has 1 aliphatic carbocycles. The van der Waals surface area contributed by atoms with Gasteiger partial charge < -0.3 is 19.9 Å². The second-order valence-electron chi connectivity index (χ2n) is 6.99. The third kappa shape index (κ3) is 3.34. The van der Waals surface area contributed by atoms with Crippen LogP contribution in [0.1, 0.15) is 17.9 Å². The van der Waals surface area contributed by atoms with E-state index in [1.54, 1.807) is 11.8 Å². The lowest BCUT2D eigenvalue weighted by Gasteiger charge is -2.35. The van der Waals surface area contributed by atoms with E-state index in [1.807, 2.05) is 42.5 Å². The zero-order chi connectivity index (χ0) is 18.1. The lowest BCUT2D eigenvalue weighted by molar-refractivity contribution is 0.193. The van der Waals surface area contributed by atoms with Crippen molar-refractivity contribution in [3.63, 3.8) is 0 Å². The lowest BCUT2D eigenvalue weighted by Crippen LogP contribution is -2.52. The molecule has 0 unspecified atom stereocenters. The lowest BCUT2D eigenvalue weighted by atomic mass is 10.1. The molecule has 26 heavy (non-hydrogen) atoms. The highest BCUT2D eigenvalue weighted by Gasteiger charge is 2.41. The van der Waals surface area contributed by atoms with E-state index in [4.69, 9.17) is 4.74 Å². The Balaban J connectivity index is 1.29. The van der Waals surface area contributed by atoms with Gasteiger partial charge in [0, 0.05) is 51.4 Å². The number of aromatic nitrogens is 2. The molecule has 1 aromatic carbocycles. The topological polar surface area (TPSA) is 62.6 Å². The Labute approximate surface area is 153 Å². The molecular formula is C19H25N5O2. The number of benzene rings is 1. The summed E-state index contributed by atoms with van der Waals surface area (Å²) in [6.45, 7) is 3.12. The van der Waals surface area contributed by atoms with E-state index in [9.17, 15) is 4.79 Å². The van der Waals surface area contributed by atoms with E-state index in [0.29, 0.717) is 5.92 Å². The number of carbonyl (C=O) groups excluding carboxylic acids is 1. The summed E-state index contributed by atoms with van der Waals surface area (Å²) < 4.78 is 7.24. The molecule has 2 atom stereocenters. The van der Waals surface area contributed by atoms with Crippen LogP contribution in [0.15, 0.2) is 36.7 Å². The van der Waals surface area contributed by atoms with Crippen molar-refractivity contribution in [3.05, 3.63) is 42.2 Å². The Morgan fingerprint density at radius 3 is 2.69 bits per heavy atom. The summed E-state index contributed by atoms with van der Waals surface area (Å²) in [6, 6.07) is 8.30. The van der Waals surface area contributed by atoms with E-state index < -0.39 is 0 Å². The molecule has 1 N–H and O–H groups in total. The van der Waals surface area contributed by atoms with Gasteiger partial charge in [0.25, 0.3) is 0 Å².